The molecule has 0 aliphatic heterocycles. The lowest BCUT2D eigenvalue weighted by atomic mass is 10.2. The number of benzene rings is 1. The van der Waals surface area contributed by atoms with Crippen LogP contribution in [0.4, 0.5) is 32.2 Å². The molecule has 0 bridgehead atoms. The third kappa shape index (κ3) is 4.61. The first-order valence-electron chi connectivity index (χ1n) is 6.61. The average Bonchev–Trinajstić information content (AvgIpc) is 2.81. The second-order valence-corrected chi connectivity index (χ2v) is 7.87. The van der Waals surface area contributed by atoms with Crippen molar-refractivity contribution in [3.8, 4) is 5.69 Å². The first kappa shape index (κ1) is 24.7. The topological polar surface area (TPSA) is 60.9 Å². The van der Waals surface area contributed by atoms with Gasteiger partial charge in [0.05, 0.1) is 15.6 Å². The van der Waals surface area contributed by atoms with Crippen LogP contribution < -0.4 is 5.73 Å². The van der Waals surface area contributed by atoms with Crippen LogP contribution in [0.5, 0.6) is 0 Å². The molecule has 1 aromatic heterocycles. The normalized spacial score (nSPS) is 13.2. The number of anilines is 1. The molecule has 0 radical (unpaired) electrons. The predicted octanol–water partition coefficient (Wildman–Crippen LogP) is 5.78. The minimum Gasteiger partial charge on any atom is -0.383 e. The van der Waals surface area contributed by atoms with Crippen molar-refractivity contribution in [3.63, 3.8) is 0 Å². The molecule has 0 spiro atoms. The number of aromatic nitrogens is 2. The molecule has 0 saturated heterocycles. The first-order valence-corrected chi connectivity index (χ1v) is 8.92. The maximum absolute atomic E-state index is 12.9. The molecule has 2 aromatic rings. The monoisotopic (exact) mass is 485 g/mol. The van der Waals surface area contributed by atoms with Gasteiger partial charge in [0.2, 0.25) is 0 Å². The van der Waals surface area contributed by atoms with Gasteiger partial charge in [-0.1, -0.05) is 42.8 Å². The van der Waals surface area contributed by atoms with Gasteiger partial charge in [0.25, 0.3) is 0 Å². The molecule has 0 saturated carbocycles. The molecule has 2 N–H and O–H groups in total. The van der Waals surface area contributed by atoms with Gasteiger partial charge in [-0.05, 0) is 19.1 Å². The maximum Gasteiger partial charge on any atom is 0.476 e. The van der Waals surface area contributed by atoms with E-state index in [9.17, 15) is 30.6 Å². The smallest absolute Gasteiger partial charge is 0.383 e. The number of thiocarbonyl (C=S) groups is 1. The molecule has 1 aromatic carbocycles. The standard InChI is InChI=1S/C13H7Cl2F6N3OS2.CH4/c1-4(26)8-10(27(25)13(19,20)21)11(22)24(23-8)9-6(14)2-5(3-7(9)15)12(16,17)18;/h2-3H,22H2,1H3;1H4. The van der Waals surface area contributed by atoms with Crippen molar-refractivity contribution in [2.75, 3.05) is 5.73 Å². The number of nitrogens with zero attached hydrogens (tertiary/aromatic N) is 2. The molecular formula is C14H11Cl2F6N3OS2. The van der Waals surface area contributed by atoms with E-state index in [1.54, 1.807) is 0 Å². The van der Waals surface area contributed by atoms with Gasteiger partial charge >= 0.3 is 11.7 Å². The van der Waals surface area contributed by atoms with E-state index < -0.39 is 60.2 Å². The number of alkyl halides is 6. The molecule has 0 amide bonds. The van der Waals surface area contributed by atoms with Crippen LogP contribution in [0.2, 0.25) is 10.0 Å². The molecule has 1 heterocycles. The van der Waals surface area contributed by atoms with Crippen LogP contribution in [0.3, 0.4) is 0 Å². The fourth-order valence-electron chi connectivity index (χ4n) is 2.05. The van der Waals surface area contributed by atoms with Crippen LogP contribution in [-0.4, -0.2) is 24.4 Å². The van der Waals surface area contributed by atoms with E-state index in [1.165, 1.54) is 6.92 Å². The zero-order valence-electron chi connectivity index (χ0n) is 12.9. The Labute approximate surface area is 173 Å². The van der Waals surface area contributed by atoms with Gasteiger partial charge in [-0.3, -0.25) is 0 Å². The summed E-state index contributed by atoms with van der Waals surface area (Å²) in [6, 6.07) is 1.02. The highest BCUT2D eigenvalue weighted by molar-refractivity contribution is 7.86. The molecule has 4 nitrogen and oxygen atoms in total. The van der Waals surface area contributed by atoms with E-state index in [0.29, 0.717) is 16.8 Å². The quantitative estimate of drug-likeness (QED) is 0.340. The zero-order chi connectivity index (χ0) is 20.9. The third-order valence-corrected chi connectivity index (χ3v) is 5.12. The average molecular weight is 486 g/mol. The van der Waals surface area contributed by atoms with Gasteiger partial charge in [0, 0.05) is 4.86 Å². The van der Waals surface area contributed by atoms with Crippen LogP contribution in [0.25, 0.3) is 5.69 Å². The van der Waals surface area contributed by atoms with Gasteiger partial charge < -0.3 is 5.73 Å². The zero-order valence-corrected chi connectivity index (χ0v) is 16.0. The van der Waals surface area contributed by atoms with Gasteiger partial charge in [-0.2, -0.15) is 31.4 Å². The Bertz CT molecular complexity index is 933. The third-order valence-electron chi connectivity index (χ3n) is 3.16. The van der Waals surface area contributed by atoms with Crippen LogP contribution in [0.15, 0.2) is 17.0 Å². The summed E-state index contributed by atoms with van der Waals surface area (Å²) in [6.07, 6.45) is -4.76. The van der Waals surface area contributed by atoms with Gasteiger partial charge in [-0.15, -0.1) is 0 Å². The summed E-state index contributed by atoms with van der Waals surface area (Å²) in [5.41, 5.74) is -1.63. The Morgan fingerprint density at radius 3 is 2.00 bits per heavy atom. The van der Waals surface area contributed by atoms with Crippen LogP contribution in [0, 0.1) is 0 Å². The fraction of sp³-hybridized carbons (Fsp3) is 0.286. The Hall–Kier alpha value is -1.37. The predicted molar refractivity (Wildman–Crippen MR) is 99.6 cm³/mol. The number of hydrogen-bond acceptors (Lipinski definition) is 4. The molecule has 0 aliphatic rings. The Morgan fingerprint density at radius 2 is 1.64 bits per heavy atom. The fourth-order valence-corrected chi connectivity index (χ4v) is 3.78. The van der Waals surface area contributed by atoms with E-state index in [0.717, 1.165) is 0 Å². The highest BCUT2D eigenvalue weighted by atomic mass is 35.5. The van der Waals surface area contributed by atoms with E-state index >= 15 is 0 Å². The first-order chi connectivity index (χ1) is 12.2. The molecular weight excluding hydrogens is 475 g/mol. The second kappa shape index (κ2) is 8.17. The van der Waals surface area contributed by atoms with E-state index in [1.807, 2.05) is 0 Å². The number of rotatable bonds is 3. The van der Waals surface area contributed by atoms with Crippen molar-refractivity contribution < 1.29 is 30.6 Å². The summed E-state index contributed by atoms with van der Waals surface area (Å²) in [7, 11) is -3.59. The van der Waals surface area contributed by atoms with E-state index in [-0.39, 0.29) is 12.3 Å². The number of nitrogen functional groups attached to an aromatic ring is 1. The Kier molecular flexibility index (Phi) is 7.20. The van der Waals surface area contributed by atoms with Gasteiger partial charge in [-0.25, -0.2) is 8.89 Å². The lowest BCUT2D eigenvalue weighted by Crippen LogP contribution is -2.19. The molecule has 156 valence electrons. The summed E-state index contributed by atoms with van der Waals surface area (Å²) < 4.78 is 89.5. The van der Waals surface area contributed by atoms with E-state index in [4.69, 9.17) is 41.2 Å². The Morgan fingerprint density at radius 1 is 1.18 bits per heavy atom. The van der Waals surface area contributed by atoms with Crippen LogP contribution in [-0.2, 0) is 17.0 Å². The number of nitrogens with two attached hydrogens (primary N) is 1. The number of halogens is 8. The van der Waals surface area contributed by atoms with E-state index in [2.05, 4.69) is 5.10 Å². The maximum atomic E-state index is 12.9. The Balaban J connectivity index is 0.00000392. The molecule has 0 aliphatic carbocycles. The lowest BCUT2D eigenvalue weighted by Gasteiger charge is -2.13. The van der Waals surface area contributed by atoms with Crippen LogP contribution >= 0.6 is 35.4 Å². The van der Waals surface area contributed by atoms with Crippen molar-refractivity contribution in [1.82, 2.24) is 9.78 Å². The lowest BCUT2D eigenvalue weighted by molar-refractivity contribution is -0.137. The summed E-state index contributed by atoms with van der Waals surface area (Å²) in [5.74, 6) is -0.770. The van der Waals surface area contributed by atoms with Crippen molar-refractivity contribution in [2.24, 2.45) is 0 Å². The summed E-state index contributed by atoms with van der Waals surface area (Å²) in [4.78, 5) is -1.10. The molecule has 28 heavy (non-hydrogen) atoms. The minimum atomic E-state index is -5.17. The molecule has 0 fully saturated rings. The van der Waals surface area contributed by atoms with Crippen molar-refractivity contribution in [1.29, 1.82) is 0 Å². The summed E-state index contributed by atoms with van der Waals surface area (Å²) >= 11 is 16.5. The number of hydrogen-bond donors (Lipinski definition) is 1. The van der Waals surface area contributed by atoms with Gasteiger partial charge in [0.1, 0.15) is 22.1 Å². The van der Waals surface area contributed by atoms with Crippen molar-refractivity contribution in [3.05, 3.63) is 33.4 Å². The summed E-state index contributed by atoms with van der Waals surface area (Å²) in [5, 5.41) is 2.57. The molecule has 1 unspecified atom stereocenters. The van der Waals surface area contributed by atoms with Crippen molar-refractivity contribution >= 4 is 56.9 Å². The SMILES string of the molecule is C.CC(=S)c1nn(-c2c(Cl)cc(C(F)(F)F)cc2Cl)c(N)c1S(=O)C(F)(F)F. The molecule has 2 rings (SSSR count). The van der Waals surface area contributed by atoms with Crippen LogP contribution in [0.1, 0.15) is 25.6 Å². The molecule has 1 atom stereocenters. The van der Waals surface area contributed by atoms with Gasteiger partial charge in [0.15, 0.2) is 10.8 Å². The molecule has 14 heteroatoms. The largest absolute Gasteiger partial charge is 0.476 e. The van der Waals surface area contributed by atoms with Crippen molar-refractivity contribution in [2.45, 2.75) is 30.9 Å². The highest BCUT2D eigenvalue weighted by Crippen LogP contribution is 2.40. The minimum absolute atomic E-state index is 0. The second-order valence-electron chi connectivity index (χ2n) is 5.03. The summed E-state index contributed by atoms with van der Waals surface area (Å²) in [6.45, 7) is 1.22. The highest BCUT2D eigenvalue weighted by Gasteiger charge is 2.43.